The summed E-state index contributed by atoms with van der Waals surface area (Å²) in [4.78, 5) is 57.3. The zero-order chi connectivity index (χ0) is 35.7. The summed E-state index contributed by atoms with van der Waals surface area (Å²) in [5.41, 5.74) is 3.45. The van der Waals surface area contributed by atoms with Gasteiger partial charge in [-0.05, 0) is 29.7 Å². The van der Waals surface area contributed by atoms with E-state index in [1.807, 2.05) is 69.3 Å². The SMILES string of the molecule is CCCCCCCOc1ccc(-c2cnc(-c3ccc(C[C@H](NC(=O)c4cnc(C(C)(C)C)nc4)C(=O)N4CC(C(=O)O)C4)cc3)nc2)cc1. The van der Waals surface area contributed by atoms with Gasteiger partial charge in [0.1, 0.15) is 17.6 Å². The molecule has 4 aromatic rings. The predicted molar refractivity (Wildman–Crippen MR) is 191 cm³/mol. The highest BCUT2D eigenvalue weighted by molar-refractivity contribution is 5.97. The Hall–Kier alpha value is -5.19. The number of nitrogens with zero attached hydrogens (tertiary/aromatic N) is 5. The van der Waals surface area contributed by atoms with E-state index in [0.717, 1.165) is 41.0 Å². The maximum Gasteiger partial charge on any atom is 0.310 e. The number of hydrogen-bond donors (Lipinski definition) is 2. The molecule has 0 radical (unpaired) electrons. The highest BCUT2D eigenvalue weighted by Gasteiger charge is 2.39. The van der Waals surface area contributed by atoms with Gasteiger partial charge >= 0.3 is 5.97 Å². The zero-order valence-corrected chi connectivity index (χ0v) is 29.3. The molecule has 0 aliphatic carbocycles. The van der Waals surface area contributed by atoms with Crippen LogP contribution >= 0.6 is 0 Å². The molecule has 11 nitrogen and oxygen atoms in total. The Labute approximate surface area is 293 Å². The van der Waals surface area contributed by atoms with Gasteiger partial charge in [-0.25, -0.2) is 19.9 Å². The van der Waals surface area contributed by atoms with Crippen molar-refractivity contribution in [1.82, 2.24) is 30.2 Å². The van der Waals surface area contributed by atoms with Crippen LogP contribution in [0.3, 0.4) is 0 Å². The van der Waals surface area contributed by atoms with Crippen LogP contribution in [-0.2, 0) is 21.4 Å². The van der Waals surface area contributed by atoms with Gasteiger partial charge in [0, 0.05) is 60.8 Å². The van der Waals surface area contributed by atoms with Gasteiger partial charge in [0.2, 0.25) is 5.91 Å². The largest absolute Gasteiger partial charge is 0.494 e. The highest BCUT2D eigenvalue weighted by atomic mass is 16.5. The summed E-state index contributed by atoms with van der Waals surface area (Å²) >= 11 is 0. The standard InChI is InChI=1S/C39H46N6O5/c1-5-6-7-8-9-18-50-32-16-14-27(15-17-32)29-20-40-34(41-21-29)28-12-10-26(11-13-28)19-33(36(47)45-24-31(25-45)37(48)49)44-35(46)30-22-42-38(43-23-30)39(2,3)4/h10-17,20-23,31,33H,5-9,18-19,24-25H2,1-4H3,(H,44,46)(H,48,49)/t33-/m0/s1. The van der Waals surface area contributed by atoms with Crippen LogP contribution in [-0.4, -0.2) is 73.5 Å². The molecule has 2 aromatic heterocycles. The minimum Gasteiger partial charge on any atom is -0.494 e. The van der Waals surface area contributed by atoms with E-state index in [-0.39, 0.29) is 36.4 Å². The lowest BCUT2D eigenvalue weighted by atomic mass is 9.95. The molecule has 1 aliphatic heterocycles. The van der Waals surface area contributed by atoms with E-state index in [1.165, 1.54) is 43.0 Å². The Morgan fingerprint density at radius 1 is 0.840 bits per heavy atom. The van der Waals surface area contributed by atoms with Gasteiger partial charge in [0.15, 0.2) is 5.82 Å². The van der Waals surface area contributed by atoms with Crippen molar-refractivity contribution in [1.29, 1.82) is 0 Å². The number of aliphatic carboxylic acids is 1. The molecule has 2 aromatic carbocycles. The van der Waals surface area contributed by atoms with Crippen molar-refractivity contribution in [2.75, 3.05) is 19.7 Å². The number of carbonyl (C=O) groups excluding carboxylic acids is 2. The van der Waals surface area contributed by atoms with Crippen LogP contribution in [0, 0.1) is 5.92 Å². The summed E-state index contributed by atoms with van der Waals surface area (Å²) in [5, 5.41) is 12.1. The van der Waals surface area contributed by atoms with Crippen LogP contribution in [0.2, 0.25) is 0 Å². The molecule has 0 bridgehead atoms. The third kappa shape index (κ3) is 9.49. The second-order valence-electron chi connectivity index (χ2n) is 13.8. The van der Waals surface area contributed by atoms with E-state index in [1.54, 1.807) is 12.4 Å². The topological polar surface area (TPSA) is 148 Å². The number of benzene rings is 2. The molecule has 2 amide bonds. The van der Waals surface area contributed by atoms with Gasteiger partial charge in [-0.1, -0.05) is 89.8 Å². The van der Waals surface area contributed by atoms with Crippen molar-refractivity contribution >= 4 is 17.8 Å². The number of carboxylic acid groups (broad SMARTS) is 1. The minimum absolute atomic E-state index is 0.104. The molecular weight excluding hydrogens is 632 g/mol. The number of hydrogen-bond acceptors (Lipinski definition) is 8. The average molecular weight is 679 g/mol. The quantitative estimate of drug-likeness (QED) is 0.142. The summed E-state index contributed by atoms with van der Waals surface area (Å²) in [6.45, 7) is 9.08. The highest BCUT2D eigenvalue weighted by Crippen LogP contribution is 2.25. The van der Waals surface area contributed by atoms with Crippen molar-refractivity contribution < 1.29 is 24.2 Å². The third-order valence-corrected chi connectivity index (χ3v) is 8.74. The second-order valence-corrected chi connectivity index (χ2v) is 13.8. The minimum atomic E-state index is -0.942. The van der Waals surface area contributed by atoms with Gasteiger partial charge in [-0.2, -0.15) is 0 Å². The van der Waals surface area contributed by atoms with Crippen molar-refractivity contribution in [2.24, 2.45) is 5.92 Å². The Morgan fingerprint density at radius 3 is 2.06 bits per heavy atom. The fourth-order valence-electron chi connectivity index (χ4n) is 5.60. The van der Waals surface area contributed by atoms with Crippen LogP contribution in [0.4, 0.5) is 0 Å². The molecule has 1 aliphatic rings. The van der Waals surface area contributed by atoms with Crippen LogP contribution in [0.1, 0.15) is 81.5 Å². The Bertz CT molecular complexity index is 1730. The lowest BCUT2D eigenvalue weighted by Crippen LogP contribution is -2.59. The number of carbonyl (C=O) groups is 3. The molecule has 5 rings (SSSR count). The van der Waals surface area contributed by atoms with E-state index < -0.39 is 23.8 Å². The maximum atomic E-state index is 13.5. The van der Waals surface area contributed by atoms with Gasteiger partial charge in [0.25, 0.3) is 5.91 Å². The molecule has 50 heavy (non-hydrogen) atoms. The molecule has 262 valence electrons. The number of rotatable bonds is 15. The fourth-order valence-corrected chi connectivity index (χ4v) is 5.60. The number of carboxylic acids is 1. The molecule has 0 spiro atoms. The first kappa shape index (κ1) is 36.1. The zero-order valence-electron chi connectivity index (χ0n) is 29.3. The van der Waals surface area contributed by atoms with Crippen LogP contribution in [0.5, 0.6) is 5.75 Å². The molecule has 0 saturated carbocycles. The third-order valence-electron chi connectivity index (χ3n) is 8.74. The van der Waals surface area contributed by atoms with E-state index in [0.29, 0.717) is 11.6 Å². The van der Waals surface area contributed by atoms with Crippen molar-refractivity contribution in [3.05, 3.63) is 90.3 Å². The Kier molecular flexibility index (Phi) is 11.9. The molecule has 1 saturated heterocycles. The van der Waals surface area contributed by atoms with Crippen LogP contribution < -0.4 is 10.1 Å². The summed E-state index contributed by atoms with van der Waals surface area (Å²) < 4.78 is 5.89. The van der Waals surface area contributed by atoms with Gasteiger partial charge < -0.3 is 20.1 Å². The van der Waals surface area contributed by atoms with E-state index in [9.17, 15) is 19.5 Å². The second kappa shape index (κ2) is 16.5. The molecule has 0 unspecified atom stereocenters. The van der Waals surface area contributed by atoms with Gasteiger partial charge in [-0.3, -0.25) is 14.4 Å². The van der Waals surface area contributed by atoms with Crippen LogP contribution in [0.15, 0.2) is 73.3 Å². The maximum absolute atomic E-state index is 13.5. The first-order valence-corrected chi connectivity index (χ1v) is 17.3. The Morgan fingerprint density at radius 2 is 1.46 bits per heavy atom. The van der Waals surface area contributed by atoms with Crippen molar-refractivity contribution in [3.8, 4) is 28.3 Å². The fraction of sp³-hybridized carbons (Fsp3) is 0.410. The first-order valence-electron chi connectivity index (χ1n) is 17.3. The van der Waals surface area contributed by atoms with Crippen LogP contribution in [0.25, 0.3) is 22.5 Å². The number of nitrogens with one attached hydrogen (secondary N) is 1. The first-order chi connectivity index (χ1) is 24.0. The lowest BCUT2D eigenvalue weighted by Gasteiger charge is -2.39. The molecular formula is C39H46N6O5. The smallest absolute Gasteiger partial charge is 0.310 e. The van der Waals surface area contributed by atoms with Crippen molar-refractivity contribution in [3.63, 3.8) is 0 Å². The average Bonchev–Trinajstić information content (AvgIpc) is 3.09. The van der Waals surface area contributed by atoms with E-state index >= 15 is 0 Å². The summed E-state index contributed by atoms with van der Waals surface area (Å²) in [6.07, 6.45) is 12.7. The van der Waals surface area contributed by atoms with Crippen molar-refractivity contribution in [2.45, 2.75) is 77.7 Å². The molecule has 11 heteroatoms. The summed E-state index contributed by atoms with van der Waals surface area (Å²) in [7, 11) is 0. The number of ether oxygens (including phenoxy) is 1. The predicted octanol–water partition coefficient (Wildman–Crippen LogP) is 6.13. The monoisotopic (exact) mass is 678 g/mol. The molecule has 1 fully saturated rings. The van der Waals surface area contributed by atoms with E-state index in [2.05, 4.69) is 32.2 Å². The molecule has 2 N–H and O–H groups in total. The Balaban J connectivity index is 1.22. The number of aromatic nitrogens is 4. The van der Waals surface area contributed by atoms with E-state index in [4.69, 9.17) is 4.74 Å². The van der Waals surface area contributed by atoms with Gasteiger partial charge in [0.05, 0.1) is 18.1 Å². The lowest BCUT2D eigenvalue weighted by molar-refractivity contribution is -0.153. The normalized spacial score (nSPS) is 13.7. The summed E-state index contributed by atoms with van der Waals surface area (Å²) in [5.74, 6) is -0.363. The summed E-state index contributed by atoms with van der Waals surface area (Å²) in [6, 6.07) is 14.5. The number of likely N-dealkylation sites (tertiary alicyclic amines) is 1. The number of unbranched alkanes of at least 4 members (excludes halogenated alkanes) is 4. The molecule has 1 atom stereocenters. The number of amides is 2. The molecule has 3 heterocycles. The van der Waals surface area contributed by atoms with Gasteiger partial charge in [-0.15, -0.1) is 0 Å².